The second-order valence-corrected chi connectivity index (χ2v) is 5.87. The van der Waals surface area contributed by atoms with Crippen molar-refractivity contribution in [3.63, 3.8) is 0 Å². The average molecular weight is 313 g/mol. The van der Waals surface area contributed by atoms with Crippen LogP contribution in [0.4, 0.5) is 0 Å². The molecule has 2 aromatic rings. The van der Waals surface area contributed by atoms with Crippen molar-refractivity contribution in [2.45, 2.75) is 39.3 Å². The Morgan fingerprint density at radius 2 is 1.70 bits per heavy atom. The first-order valence-electron chi connectivity index (χ1n) is 8.13. The second kappa shape index (κ2) is 8.02. The summed E-state index contributed by atoms with van der Waals surface area (Å²) in [5.74, 6) is 1.72. The molecule has 3 nitrogen and oxygen atoms in total. The van der Waals surface area contributed by atoms with E-state index in [0.717, 1.165) is 23.5 Å². The maximum absolute atomic E-state index is 5.51. The predicted molar refractivity (Wildman–Crippen MR) is 95.3 cm³/mol. The Labute approximate surface area is 139 Å². The van der Waals surface area contributed by atoms with Crippen LogP contribution in [0.5, 0.6) is 11.5 Å². The second-order valence-electron chi connectivity index (χ2n) is 5.87. The molecule has 2 unspecified atom stereocenters. The molecule has 0 heterocycles. The third-order valence-electron chi connectivity index (χ3n) is 4.24. The Hall–Kier alpha value is -2.00. The van der Waals surface area contributed by atoms with Gasteiger partial charge < -0.3 is 14.8 Å². The van der Waals surface area contributed by atoms with Crippen LogP contribution in [0, 0.1) is 6.92 Å². The molecule has 0 radical (unpaired) electrons. The maximum Gasteiger partial charge on any atom is 0.123 e. The van der Waals surface area contributed by atoms with E-state index in [0.29, 0.717) is 6.04 Å². The minimum absolute atomic E-state index is 0.159. The summed E-state index contributed by atoms with van der Waals surface area (Å²) in [4.78, 5) is 0. The van der Waals surface area contributed by atoms with Crippen molar-refractivity contribution in [3.8, 4) is 11.5 Å². The Bertz CT molecular complexity index is 622. The van der Waals surface area contributed by atoms with E-state index in [9.17, 15) is 0 Å². The van der Waals surface area contributed by atoms with Gasteiger partial charge in [0.1, 0.15) is 11.5 Å². The lowest BCUT2D eigenvalue weighted by atomic mass is 10.00. The zero-order valence-corrected chi connectivity index (χ0v) is 14.7. The molecule has 0 aromatic heterocycles. The van der Waals surface area contributed by atoms with Crippen molar-refractivity contribution in [1.82, 2.24) is 5.32 Å². The molecule has 0 fully saturated rings. The third-order valence-corrected chi connectivity index (χ3v) is 4.24. The molecular weight excluding hydrogens is 286 g/mol. The molecule has 0 saturated heterocycles. The van der Waals surface area contributed by atoms with Crippen LogP contribution in [0.3, 0.4) is 0 Å². The molecule has 2 rings (SSSR count). The van der Waals surface area contributed by atoms with Crippen molar-refractivity contribution in [2.75, 3.05) is 14.2 Å². The molecule has 0 aliphatic heterocycles. The molecule has 3 heteroatoms. The molecule has 0 bridgehead atoms. The quantitative estimate of drug-likeness (QED) is 0.795. The van der Waals surface area contributed by atoms with Crippen molar-refractivity contribution in [2.24, 2.45) is 0 Å². The fraction of sp³-hybridized carbons (Fsp3) is 0.400. The Balaban J connectivity index is 2.22. The van der Waals surface area contributed by atoms with E-state index in [1.54, 1.807) is 14.2 Å². The van der Waals surface area contributed by atoms with Crippen LogP contribution in [0.1, 0.15) is 49.0 Å². The zero-order chi connectivity index (χ0) is 16.8. The van der Waals surface area contributed by atoms with Crippen molar-refractivity contribution >= 4 is 0 Å². The summed E-state index contributed by atoms with van der Waals surface area (Å²) in [5.41, 5.74) is 3.70. The predicted octanol–water partition coefficient (Wildman–Crippen LogP) is 4.81. The number of aryl methyl sites for hydroxylation is 1. The third kappa shape index (κ3) is 4.26. The summed E-state index contributed by atoms with van der Waals surface area (Å²) >= 11 is 0. The Morgan fingerprint density at radius 1 is 1.00 bits per heavy atom. The molecular formula is C20H27NO2. The Morgan fingerprint density at radius 3 is 2.26 bits per heavy atom. The van der Waals surface area contributed by atoms with Crippen LogP contribution in [-0.2, 0) is 0 Å². The van der Waals surface area contributed by atoms with Gasteiger partial charge in [0.15, 0.2) is 0 Å². The van der Waals surface area contributed by atoms with Gasteiger partial charge in [-0.05, 0) is 44.0 Å². The topological polar surface area (TPSA) is 30.5 Å². The fourth-order valence-electron chi connectivity index (χ4n) is 2.82. The van der Waals surface area contributed by atoms with Gasteiger partial charge in [-0.3, -0.25) is 0 Å². The molecule has 0 amide bonds. The van der Waals surface area contributed by atoms with Gasteiger partial charge in [0.2, 0.25) is 0 Å². The number of hydrogen-bond donors (Lipinski definition) is 1. The number of nitrogens with one attached hydrogen (secondary N) is 1. The number of methoxy groups -OCH3 is 2. The van der Waals surface area contributed by atoms with E-state index in [-0.39, 0.29) is 6.04 Å². The molecule has 1 N–H and O–H groups in total. The molecule has 2 aromatic carbocycles. The fourth-order valence-corrected chi connectivity index (χ4v) is 2.82. The van der Waals surface area contributed by atoms with Crippen LogP contribution < -0.4 is 14.8 Å². The number of ether oxygens (including phenoxy) is 2. The summed E-state index contributed by atoms with van der Waals surface area (Å²) < 4.78 is 10.9. The monoisotopic (exact) mass is 313 g/mol. The van der Waals surface area contributed by atoms with Crippen LogP contribution in [0.15, 0.2) is 42.5 Å². The summed E-state index contributed by atoms with van der Waals surface area (Å²) in [7, 11) is 3.39. The smallest absolute Gasteiger partial charge is 0.123 e. The first kappa shape index (κ1) is 17.4. The summed E-state index contributed by atoms with van der Waals surface area (Å²) in [6.07, 6.45) is 1.03. The van der Waals surface area contributed by atoms with Crippen molar-refractivity contribution < 1.29 is 9.47 Å². The highest BCUT2D eigenvalue weighted by atomic mass is 16.5. The average Bonchev–Trinajstić information content (AvgIpc) is 2.59. The van der Waals surface area contributed by atoms with Gasteiger partial charge in [0.05, 0.1) is 14.2 Å². The lowest BCUT2D eigenvalue weighted by molar-refractivity contribution is 0.383. The van der Waals surface area contributed by atoms with Gasteiger partial charge in [0.25, 0.3) is 0 Å². The number of hydrogen-bond acceptors (Lipinski definition) is 3. The van der Waals surface area contributed by atoms with Crippen LogP contribution in [0.2, 0.25) is 0 Å². The van der Waals surface area contributed by atoms with E-state index in [1.165, 1.54) is 11.1 Å². The highest BCUT2D eigenvalue weighted by Gasteiger charge is 2.17. The van der Waals surface area contributed by atoms with Gasteiger partial charge in [-0.1, -0.05) is 36.8 Å². The number of benzene rings is 2. The van der Waals surface area contributed by atoms with Crippen molar-refractivity contribution in [1.29, 1.82) is 0 Å². The first-order valence-corrected chi connectivity index (χ1v) is 8.13. The first-order chi connectivity index (χ1) is 11.1. The highest BCUT2D eigenvalue weighted by molar-refractivity contribution is 5.42. The van der Waals surface area contributed by atoms with Gasteiger partial charge in [-0.25, -0.2) is 0 Å². The minimum Gasteiger partial charge on any atom is -0.497 e. The molecule has 2 atom stereocenters. The van der Waals surface area contributed by atoms with Crippen LogP contribution in [-0.4, -0.2) is 14.2 Å². The van der Waals surface area contributed by atoms with E-state index in [1.807, 2.05) is 18.2 Å². The summed E-state index contributed by atoms with van der Waals surface area (Å²) in [6, 6.07) is 15.1. The van der Waals surface area contributed by atoms with E-state index < -0.39 is 0 Å². The Kier molecular flexibility index (Phi) is 6.05. The minimum atomic E-state index is 0.159. The van der Waals surface area contributed by atoms with Crippen molar-refractivity contribution in [3.05, 3.63) is 59.2 Å². The van der Waals surface area contributed by atoms with E-state index in [2.05, 4.69) is 50.4 Å². The standard InChI is InChI=1S/C20H27NO2/c1-6-19(16-9-7-14(2)8-10-16)21-15(3)18-13-17(22-4)11-12-20(18)23-5/h7-13,15,19,21H,6H2,1-5H3. The molecule has 0 aliphatic carbocycles. The van der Waals surface area contributed by atoms with E-state index in [4.69, 9.17) is 9.47 Å². The van der Waals surface area contributed by atoms with Gasteiger partial charge >= 0.3 is 0 Å². The van der Waals surface area contributed by atoms with Gasteiger partial charge in [0, 0.05) is 17.6 Å². The SMILES string of the molecule is CCC(NC(C)c1cc(OC)ccc1OC)c1ccc(C)cc1. The summed E-state index contributed by atoms with van der Waals surface area (Å²) in [6.45, 7) is 6.48. The lowest BCUT2D eigenvalue weighted by Gasteiger charge is -2.24. The maximum atomic E-state index is 5.51. The molecule has 23 heavy (non-hydrogen) atoms. The van der Waals surface area contributed by atoms with Crippen LogP contribution in [0.25, 0.3) is 0 Å². The molecule has 0 saturated carbocycles. The molecule has 0 aliphatic rings. The van der Waals surface area contributed by atoms with Crippen LogP contribution >= 0.6 is 0 Å². The summed E-state index contributed by atoms with van der Waals surface area (Å²) in [5, 5.41) is 3.71. The molecule has 124 valence electrons. The largest absolute Gasteiger partial charge is 0.497 e. The normalized spacial score (nSPS) is 13.4. The number of rotatable bonds is 7. The lowest BCUT2D eigenvalue weighted by Crippen LogP contribution is -2.24. The zero-order valence-electron chi connectivity index (χ0n) is 14.7. The highest BCUT2D eigenvalue weighted by Crippen LogP contribution is 2.31. The van der Waals surface area contributed by atoms with Gasteiger partial charge in [-0.2, -0.15) is 0 Å². The molecule has 0 spiro atoms. The van der Waals surface area contributed by atoms with E-state index >= 15 is 0 Å². The van der Waals surface area contributed by atoms with Gasteiger partial charge in [-0.15, -0.1) is 0 Å².